The van der Waals surface area contributed by atoms with Crippen LogP contribution >= 0.6 is 50.7 Å². The van der Waals surface area contributed by atoms with Crippen molar-refractivity contribution in [2.45, 2.75) is 13.5 Å². The van der Waals surface area contributed by atoms with Crippen LogP contribution < -0.4 is 10.1 Å². The first-order valence-electron chi connectivity index (χ1n) is 9.33. The maximum atomic E-state index is 12.6. The van der Waals surface area contributed by atoms with Crippen LogP contribution in [0.25, 0.3) is 6.08 Å². The number of ether oxygens (including phenoxy) is 1. The van der Waals surface area contributed by atoms with Crippen LogP contribution in [-0.2, 0) is 11.4 Å². The molecular formula is C24H16BrCl3N2O2. The van der Waals surface area contributed by atoms with Crippen LogP contribution in [0.1, 0.15) is 16.7 Å². The Labute approximate surface area is 209 Å². The molecule has 0 bridgehead atoms. The van der Waals surface area contributed by atoms with Gasteiger partial charge in [0.05, 0.1) is 9.50 Å². The number of nitriles is 1. The van der Waals surface area contributed by atoms with E-state index in [9.17, 15) is 10.1 Å². The van der Waals surface area contributed by atoms with E-state index >= 15 is 0 Å². The summed E-state index contributed by atoms with van der Waals surface area (Å²) < 4.78 is 6.41. The Balaban J connectivity index is 1.80. The molecule has 3 aromatic carbocycles. The summed E-state index contributed by atoms with van der Waals surface area (Å²) in [6, 6.07) is 17.8. The average molecular weight is 551 g/mol. The molecule has 0 fully saturated rings. The van der Waals surface area contributed by atoms with E-state index < -0.39 is 5.91 Å². The topological polar surface area (TPSA) is 62.1 Å². The highest BCUT2D eigenvalue weighted by molar-refractivity contribution is 9.10. The summed E-state index contributed by atoms with van der Waals surface area (Å²) in [5, 5.41) is 13.7. The lowest BCUT2D eigenvalue weighted by atomic mass is 10.1. The third-order valence-corrected chi connectivity index (χ3v) is 6.19. The van der Waals surface area contributed by atoms with Gasteiger partial charge in [-0.05, 0) is 70.4 Å². The first kappa shape index (κ1) is 24.2. The zero-order valence-electron chi connectivity index (χ0n) is 16.8. The van der Waals surface area contributed by atoms with Gasteiger partial charge < -0.3 is 10.1 Å². The monoisotopic (exact) mass is 548 g/mol. The molecule has 1 amide bonds. The summed E-state index contributed by atoms with van der Waals surface area (Å²) in [7, 11) is 0. The maximum absolute atomic E-state index is 12.6. The lowest BCUT2D eigenvalue weighted by Gasteiger charge is -2.12. The zero-order chi connectivity index (χ0) is 23.3. The third-order valence-electron chi connectivity index (χ3n) is 4.54. The summed E-state index contributed by atoms with van der Waals surface area (Å²) in [6.45, 7) is 2.02. The van der Waals surface area contributed by atoms with Gasteiger partial charge in [-0.15, -0.1) is 0 Å². The first-order chi connectivity index (χ1) is 15.3. The van der Waals surface area contributed by atoms with Gasteiger partial charge in [0.25, 0.3) is 5.91 Å². The number of hydrogen-bond acceptors (Lipinski definition) is 3. The molecule has 0 spiro atoms. The number of amides is 1. The lowest BCUT2D eigenvalue weighted by molar-refractivity contribution is -0.112. The number of nitrogens with zero attached hydrogens (tertiary/aromatic N) is 1. The lowest BCUT2D eigenvalue weighted by Crippen LogP contribution is -2.14. The molecule has 0 saturated carbocycles. The fourth-order valence-corrected chi connectivity index (χ4v) is 4.17. The highest BCUT2D eigenvalue weighted by atomic mass is 79.9. The molecule has 1 N–H and O–H groups in total. The molecule has 8 heteroatoms. The Kier molecular flexibility index (Phi) is 8.22. The standard InChI is InChI=1S/C24H16BrCl3N2O2/c1-14-19(26)7-4-8-22(14)30-24(31)17(12-29)9-15-10-18(25)23(21(28)11-15)32-13-16-5-2-3-6-20(16)27/h2-11H,13H2,1H3,(H,30,31)/b17-9-. The largest absolute Gasteiger partial charge is 0.486 e. The Morgan fingerprint density at radius 2 is 1.81 bits per heavy atom. The van der Waals surface area contributed by atoms with Crippen LogP contribution in [0, 0.1) is 18.3 Å². The van der Waals surface area contributed by atoms with E-state index in [1.54, 1.807) is 43.3 Å². The zero-order valence-corrected chi connectivity index (χ0v) is 20.6. The Hall–Kier alpha value is -2.49. The summed E-state index contributed by atoms with van der Waals surface area (Å²) in [4.78, 5) is 12.6. The molecule has 0 aliphatic rings. The van der Waals surface area contributed by atoms with E-state index in [0.717, 1.165) is 5.56 Å². The van der Waals surface area contributed by atoms with Crippen LogP contribution in [0.2, 0.25) is 15.1 Å². The minimum Gasteiger partial charge on any atom is -0.486 e. The second kappa shape index (κ2) is 10.9. The molecule has 162 valence electrons. The SMILES string of the molecule is Cc1c(Cl)cccc1NC(=O)/C(C#N)=C\c1cc(Cl)c(OCc2ccccc2Cl)c(Br)c1. The second-order valence-corrected chi connectivity index (χ2v) is 8.81. The van der Waals surface area contributed by atoms with E-state index in [1.807, 2.05) is 24.3 Å². The molecule has 0 radical (unpaired) electrons. The van der Waals surface area contributed by atoms with Gasteiger partial charge in [0, 0.05) is 21.3 Å². The quantitative estimate of drug-likeness (QED) is 0.251. The van der Waals surface area contributed by atoms with Crippen molar-refractivity contribution < 1.29 is 9.53 Å². The van der Waals surface area contributed by atoms with Crippen LogP contribution in [0.3, 0.4) is 0 Å². The smallest absolute Gasteiger partial charge is 0.266 e. The number of benzene rings is 3. The van der Waals surface area contributed by atoms with E-state index in [-0.39, 0.29) is 12.2 Å². The number of hydrogen-bond donors (Lipinski definition) is 1. The molecule has 3 aromatic rings. The van der Waals surface area contributed by atoms with Crippen LogP contribution in [0.5, 0.6) is 5.75 Å². The molecule has 0 aliphatic heterocycles. The van der Waals surface area contributed by atoms with E-state index in [4.69, 9.17) is 39.5 Å². The summed E-state index contributed by atoms with van der Waals surface area (Å²) in [5.74, 6) is -0.120. The van der Waals surface area contributed by atoms with E-state index in [1.165, 1.54) is 6.08 Å². The molecule has 32 heavy (non-hydrogen) atoms. The highest BCUT2D eigenvalue weighted by Crippen LogP contribution is 2.36. The van der Waals surface area contributed by atoms with Gasteiger partial charge in [-0.25, -0.2) is 0 Å². The number of nitrogens with one attached hydrogen (secondary N) is 1. The van der Waals surface area contributed by atoms with Crippen molar-refractivity contribution in [1.82, 2.24) is 0 Å². The second-order valence-electron chi connectivity index (χ2n) is 6.73. The van der Waals surface area contributed by atoms with E-state index in [2.05, 4.69) is 21.2 Å². The third kappa shape index (κ3) is 5.85. The first-order valence-corrected chi connectivity index (χ1v) is 11.3. The van der Waals surface area contributed by atoms with Crippen molar-refractivity contribution in [1.29, 1.82) is 5.26 Å². The number of carbonyl (C=O) groups excluding carboxylic acids is 1. The maximum Gasteiger partial charge on any atom is 0.266 e. The fourth-order valence-electron chi connectivity index (χ4n) is 2.81. The summed E-state index contributed by atoms with van der Waals surface area (Å²) in [6.07, 6.45) is 1.45. The van der Waals surface area contributed by atoms with Crippen LogP contribution in [0.4, 0.5) is 5.69 Å². The van der Waals surface area contributed by atoms with Gasteiger partial charge in [0.1, 0.15) is 18.2 Å². The van der Waals surface area contributed by atoms with Gasteiger partial charge >= 0.3 is 0 Å². The molecule has 0 aromatic heterocycles. The normalized spacial score (nSPS) is 11.1. The summed E-state index contributed by atoms with van der Waals surface area (Å²) in [5.41, 5.74) is 2.54. The summed E-state index contributed by atoms with van der Waals surface area (Å²) >= 11 is 22.1. The van der Waals surface area contributed by atoms with Crippen molar-refractivity contribution in [2.24, 2.45) is 0 Å². The van der Waals surface area contributed by atoms with Crippen molar-refractivity contribution in [3.63, 3.8) is 0 Å². The number of rotatable bonds is 6. The predicted molar refractivity (Wildman–Crippen MR) is 133 cm³/mol. The van der Waals surface area contributed by atoms with Crippen molar-refractivity contribution in [3.8, 4) is 11.8 Å². The van der Waals surface area contributed by atoms with Gasteiger partial charge in [0.15, 0.2) is 5.75 Å². The number of carbonyl (C=O) groups is 1. The average Bonchev–Trinajstić information content (AvgIpc) is 2.75. The fraction of sp³-hybridized carbons (Fsp3) is 0.0833. The van der Waals surface area contributed by atoms with Crippen LogP contribution in [-0.4, -0.2) is 5.91 Å². The van der Waals surface area contributed by atoms with Gasteiger partial charge in [-0.1, -0.05) is 59.1 Å². The van der Waals surface area contributed by atoms with Crippen LogP contribution in [0.15, 0.2) is 64.6 Å². The highest BCUT2D eigenvalue weighted by Gasteiger charge is 2.14. The Bertz CT molecular complexity index is 1230. The van der Waals surface area contributed by atoms with Crippen molar-refractivity contribution in [2.75, 3.05) is 5.32 Å². The molecule has 4 nitrogen and oxygen atoms in total. The van der Waals surface area contributed by atoms with Gasteiger partial charge in [-0.3, -0.25) is 4.79 Å². The van der Waals surface area contributed by atoms with Crippen molar-refractivity contribution >= 4 is 68.4 Å². The Morgan fingerprint density at radius 3 is 2.50 bits per heavy atom. The molecule has 0 heterocycles. The number of anilines is 1. The number of halogens is 4. The molecule has 0 aliphatic carbocycles. The molecule has 0 atom stereocenters. The van der Waals surface area contributed by atoms with E-state index in [0.29, 0.717) is 42.1 Å². The van der Waals surface area contributed by atoms with Gasteiger partial charge in [0.2, 0.25) is 0 Å². The molecular weight excluding hydrogens is 535 g/mol. The Morgan fingerprint density at radius 1 is 1.09 bits per heavy atom. The molecule has 0 unspecified atom stereocenters. The molecule has 3 rings (SSSR count). The minimum absolute atomic E-state index is 0.0860. The van der Waals surface area contributed by atoms with Gasteiger partial charge in [-0.2, -0.15) is 5.26 Å². The van der Waals surface area contributed by atoms with Crippen molar-refractivity contribution in [3.05, 3.63) is 96.4 Å². The minimum atomic E-state index is -0.552. The molecule has 0 saturated heterocycles. The predicted octanol–water partition coefficient (Wildman–Crippen LogP) is 7.84.